The molecule has 0 aliphatic carbocycles. The minimum absolute atomic E-state index is 0.147. The second kappa shape index (κ2) is 7.25. The van der Waals surface area contributed by atoms with Crippen LogP contribution in [-0.4, -0.2) is 63.6 Å². The molecule has 0 aromatic carbocycles. The number of amides is 1. The van der Waals surface area contributed by atoms with E-state index >= 15 is 0 Å². The molecule has 8 heteroatoms. The maximum Gasteiger partial charge on any atom is 0.240 e. The van der Waals surface area contributed by atoms with Crippen LogP contribution in [0.4, 0.5) is 0 Å². The first-order chi connectivity index (χ1) is 7.43. The largest absolute Gasteiger partial charge is 0.394 e. The predicted octanol–water partition coefficient (Wildman–Crippen LogP) is -3.30. The summed E-state index contributed by atoms with van der Waals surface area (Å²) in [5.74, 6) is -0.601. The van der Waals surface area contributed by atoms with Crippen molar-refractivity contribution in [2.75, 3.05) is 6.61 Å². The highest BCUT2D eigenvalue weighted by atomic mass is 16.7. The second-order valence-corrected chi connectivity index (χ2v) is 3.11. The number of hydroxylamine groups is 1. The van der Waals surface area contributed by atoms with Crippen molar-refractivity contribution in [3.05, 3.63) is 0 Å². The molecule has 8 nitrogen and oxygen atoms in total. The van der Waals surface area contributed by atoms with Gasteiger partial charge in [0.2, 0.25) is 5.91 Å². The topological polar surface area (TPSA) is 136 Å². The van der Waals surface area contributed by atoms with Crippen LogP contribution in [0.15, 0.2) is 0 Å². The molecule has 0 saturated carbocycles. The smallest absolute Gasteiger partial charge is 0.240 e. The summed E-state index contributed by atoms with van der Waals surface area (Å²) in [5.41, 5.74) is 1.80. The lowest BCUT2D eigenvalue weighted by Crippen LogP contribution is -2.49. The molecule has 0 rings (SSSR count). The molecule has 5 N–H and O–H groups in total. The van der Waals surface area contributed by atoms with E-state index in [4.69, 9.17) is 10.2 Å². The summed E-state index contributed by atoms with van der Waals surface area (Å²) in [4.78, 5) is 25.4. The lowest BCUT2D eigenvalue weighted by Gasteiger charge is -2.25. The summed E-state index contributed by atoms with van der Waals surface area (Å²) >= 11 is 0. The molecule has 0 saturated heterocycles. The van der Waals surface area contributed by atoms with Crippen molar-refractivity contribution in [2.45, 2.75) is 31.3 Å². The molecule has 94 valence electrons. The third-order valence-corrected chi connectivity index (χ3v) is 1.74. The summed E-state index contributed by atoms with van der Waals surface area (Å²) in [5, 5.41) is 36.1. The summed E-state index contributed by atoms with van der Waals surface area (Å²) in [6.45, 7) is 0.331. The molecule has 0 aliphatic heterocycles. The van der Waals surface area contributed by atoms with E-state index < -0.39 is 36.9 Å². The summed E-state index contributed by atoms with van der Waals surface area (Å²) in [6.07, 6.45) is -6.55. The van der Waals surface area contributed by atoms with Crippen LogP contribution < -0.4 is 5.48 Å². The van der Waals surface area contributed by atoms with Crippen LogP contribution in [-0.2, 0) is 14.4 Å². The zero-order chi connectivity index (χ0) is 12.7. The Bertz CT molecular complexity index is 234. The summed E-state index contributed by atoms with van der Waals surface area (Å²) < 4.78 is 0. The first-order valence-electron chi connectivity index (χ1n) is 4.46. The standard InChI is InChI=1S/C8H15NO7/c1-4(12)9-16-6(3-11)8(15)7(14)5(13)2-10/h3,5-8,10,13-15H,2H2,1H3,(H,9,12)/t5-,6+,7+,8-/m1/s1. The Morgan fingerprint density at radius 2 is 1.94 bits per heavy atom. The highest BCUT2D eigenvalue weighted by Gasteiger charge is 2.32. The Kier molecular flexibility index (Phi) is 6.77. The van der Waals surface area contributed by atoms with Crippen LogP contribution in [0.3, 0.4) is 0 Å². The van der Waals surface area contributed by atoms with E-state index in [1.165, 1.54) is 0 Å². The van der Waals surface area contributed by atoms with E-state index in [1.807, 2.05) is 0 Å². The first kappa shape index (κ1) is 14.9. The monoisotopic (exact) mass is 237 g/mol. The number of hydrogen-bond donors (Lipinski definition) is 5. The molecule has 4 atom stereocenters. The summed E-state index contributed by atoms with van der Waals surface area (Å²) in [6, 6.07) is 0. The Morgan fingerprint density at radius 3 is 2.31 bits per heavy atom. The SMILES string of the molecule is CC(=O)NO[C@@H](C=O)[C@@H](O)[C@@H](O)[C@H](O)CO. The summed E-state index contributed by atoms with van der Waals surface area (Å²) in [7, 11) is 0. The van der Waals surface area contributed by atoms with Gasteiger partial charge in [0, 0.05) is 6.92 Å². The molecule has 0 heterocycles. The van der Waals surface area contributed by atoms with Crippen LogP contribution in [0.5, 0.6) is 0 Å². The number of aliphatic hydroxyl groups excluding tert-OH is 4. The Hall–Kier alpha value is -1.06. The highest BCUT2D eigenvalue weighted by molar-refractivity contribution is 5.71. The van der Waals surface area contributed by atoms with E-state index in [-0.39, 0.29) is 6.29 Å². The van der Waals surface area contributed by atoms with Gasteiger partial charge in [-0.05, 0) is 0 Å². The van der Waals surface area contributed by atoms with E-state index in [0.29, 0.717) is 0 Å². The quantitative estimate of drug-likeness (QED) is 0.231. The fourth-order valence-corrected chi connectivity index (χ4v) is 0.859. The number of aldehydes is 1. The van der Waals surface area contributed by atoms with Gasteiger partial charge >= 0.3 is 0 Å². The molecule has 0 aromatic heterocycles. The molecule has 0 aliphatic rings. The van der Waals surface area contributed by atoms with E-state index in [2.05, 4.69) is 4.84 Å². The van der Waals surface area contributed by atoms with Gasteiger partial charge in [-0.25, -0.2) is 5.48 Å². The molecule has 16 heavy (non-hydrogen) atoms. The Morgan fingerprint density at radius 1 is 1.38 bits per heavy atom. The van der Waals surface area contributed by atoms with E-state index in [0.717, 1.165) is 6.92 Å². The zero-order valence-corrected chi connectivity index (χ0v) is 8.61. The fourth-order valence-electron chi connectivity index (χ4n) is 0.859. The maximum absolute atomic E-state index is 10.5. The van der Waals surface area contributed by atoms with E-state index in [9.17, 15) is 19.8 Å². The lowest BCUT2D eigenvalue weighted by molar-refractivity contribution is -0.165. The van der Waals surface area contributed by atoms with Crippen molar-refractivity contribution in [1.29, 1.82) is 0 Å². The number of carbonyl (C=O) groups excluding carboxylic acids is 2. The minimum Gasteiger partial charge on any atom is -0.394 e. The van der Waals surface area contributed by atoms with Crippen molar-refractivity contribution >= 4 is 12.2 Å². The van der Waals surface area contributed by atoms with Gasteiger partial charge < -0.3 is 25.2 Å². The molecular weight excluding hydrogens is 222 g/mol. The van der Waals surface area contributed by atoms with Gasteiger partial charge in [-0.15, -0.1) is 0 Å². The second-order valence-electron chi connectivity index (χ2n) is 3.11. The van der Waals surface area contributed by atoms with Crippen LogP contribution in [0.1, 0.15) is 6.92 Å². The number of aliphatic hydroxyl groups is 4. The molecule has 0 radical (unpaired) electrons. The van der Waals surface area contributed by atoms with Gasteiger partial charge in [-0.1, -0.05) is 0 Å². The van der Waals surface area contributed by atoms with Gasteiger partial charge in [0.25, 0.3) is 0 Å². The van der Waals surface area contributed by atoms with Gasteiger partial charge in [0.1, 0.15) is 18.3 Å². The number of rotatable bonds is 7. The normalized spacial score (nSPS) is 18.3. The van der Waals surface area contributed by atoms with Crippen molar-refractivity contribution in [1.82, 2.24) is 5.48 Å². The van der Waals surface area contributed by atoms with Gasteiger partial charge in [-0.3, -0.25) is 9.63 Å². The fraction of sp³-hybridized carbons (Fsp3) is 0.750. The average molecular weight is 237 g/mol. The maximum atomic E-state index is 10.5. The van der Waals surface area contributed by atoms with Crippen molar-refractivity contribution in [3.8, 4) is 0 Å². The van der Waals surface area contributed by atoms with Gasteiger partial charge in [0.15, 0.2) is 12.4 Å². The van der Waals surface area contributed by atoms with E-state index in [1.54, 1.807) is 5.48 Å². The number of carbonyl (C=O) groups is 2. The van der Waals surface area contributed by atoms with Crippen LogP contribution in [0.2, 0.25) is 0 Å². The van der Waals surface area contributed by atoms with Crippen molar-refractivity contribution in [3.63, 3.8) is 0 Å². The zero-order valence-electron chi connectivity index (χ0n) is 8.61. The van der Waals surface area contributed by atoms with Crippen molar-refractivity contribution in [2.24, 2.45) is 0 Å². The minimum atomic E-state index is -1.77. The molecule has 0 spiro atoms. The Balaban J connectivity index is 4.33. The molecule has 0 bridgehead atoms. The predicted molar refractivity (Wildman–Crippen MR) is 49.9 cm³/mol. The van der Waals surface area contributed by atoms with Crippen molar-refractivity contribution < 1.29 is 34.9 Å². The van der Waals surface area contributed by atoms with Gasteiger partial charge in [0.05, 0.1) is 6.61 Å². The number of nitrogens with one attached hydrogen (secondary N) is 1. The molecule has 0 fully saturated rings. The van der Waals surface area contributed by atoms with Crippen LogP contribution in [0, 0.1) is 0 Å². The molecular formula is C8H15NO7. The first-order valence-corrected chi connectivity index (χ1v) is 4.46. The average Bonchev–Trinajstić information content (AvgIpc) is 2.27. The van der Waals surface area contributed by atoms with Crippen LogP contribution in [0.25, 0.3) is 0 Å². The third-order valence-electron chi connectivity index (χ3n) is 1.74. The number of hydrogen-bond acceptors (Lipinski definition) is 7. The molecule has 0 unspecified atom stereocenters. The highest BCUT2D eigenvalue weighted by Crippen LogP contribution is 2.05. The Labute approximate surface area is 91.4 Å². The van der Waals surface area contributed by atoms with Crippen LogP contribution >= 0.6 is 0 Å². The third kappa shape index (κ3) is 4.64. The molecule has 0 aromatic rings. The van der Waals surface area contributed by atoms with Gasteiger partial charge in [-0.2, -0.15) is 0 Å². The lowest BCUT2D eigenvalue weighted by atomic mass is 10.0. The molecule has 1 amide bonds.